The zero-order chi connectivity index (χ0) is 16.4. The summed E-state index contributed by atoms with van der Waals surface area (Å²) in [5.41, 5.74) is -0.232. The fourth-order valence-electron chi connectivity index (χ4n) is 1.78. The van der Waals surface area contributed by atoms with Crippen LogP contribution in [0.4, 0.5) is 13.2 Å². The second-order valence-electron chi connectivity index (χ2n) is 4.94. The van der Waals surface area contributed by atoms with Gasteiger partial charge in [0, 0.05) is 0 Å². The van der Waals surface area contributed by atoms with E-state index in [0.29, 0.717) is 0 Å². The predicted molar refractivity (Wildman–Crippen MR) is 69.9 cm³/mol. The number of hydrogen-bond donors (Lipinski definition) is 1. The molecule has 1 aromatic carbocycles. The number of carboxylic acid groups (broad SMARTS) is 1. The Morgan fingerprint density at radius 3 is 2.14 bits per heavy atom. The van der Waals surface area contributed by atoms with Crippen LogP contribution in [0.25, 0.3) is 0 Å². The van der Waals surface area contributed by atoms with E-state index in [0.717, 1.165) is 18.2 Å². The van der Waals surface area contributed by atoms with Gasteiger partial charge in [-0.1, -0.05) is 6.07 Å². The number of carboxylic acids is 1. The minimum absolute atomic E-state index is 0.0310. The van der Waals surface area contributed by atoms with Crippen molar-refractivity contribution < 1.29 is 31.5 Å². The molecule has 0 heterocycles. The second-order valence-corrected chi connectivity index (χ2v) is 7.45. The Balaban J connectivity index is 3.37. The van der Waals surface area contributed by atoms with Crippen LogP contribution < -0.4 is 0 Å². The van der Waals surface area contributed by atoms with Crippen LogP contribution in [0, 0.1) is 0 Å². The number of hydrogen-bond acceptors (Lipinski definition) is 3. The Bertz CT molecular complexity index is 633. The highest BCUT2D eigenvalue weighted by Crippen LogP contribution is 2.26. The van der Waals surface area contributed by atoms with E-state index in [1.807, 2.05) is 0 Å². The maximum absolute atomic E-state index is 12.5. The number of benzene rings is 1. The number of aliphatic carboxylic acids is 1. The van der Waals surface area contributed by atoms with Crippen molar-refractivity contribution in [1.29, 1.82) is 0 Å². The van der Waals surface area contributed by atoms with Gasteiger partial charge < -0.3 is 5.11 Å². The average Bonchev–Trinajstić information content (AvgIpc) is 2.24. The maximum Gasteiger partial charge on any atom is 0.393 e. The smallest absolute Gasteiger partial charge is 0.393 e. The SMILES string of the molecule is CC(C)S(=O)(=O)c1cc(CC(=O)O)cc(CC(F)(F)F)c1. The minimum Gasteiger partial charge on any atom is -0.481 e. The fourth-order valence-corrected chi connectivity index (χ4v) is 2.95. The van der Waals surface area contributed by atoms with Gasteiger partial charge in [-0.15, -0.1) is 0 Å². The van der Waals surface area contributed by atoms with Gasteiger partial charge in [0.2, 0.25) is 0 Å². The first-order valence-electron chi connectivity index (χ1n) is 6.07. The van der Waals surface area contributed by atoms with E-state index in [2.05, 4.69) is 0 Å². The first-order valence-corrected chi connectivity index (χ1v) is 7.62. The van der Waals surface area contributed by atoms with Gasteiger partial charge in [-0.2, -0.15) is 13.2 Å². The molecule has 0 saturated carbocycles. The van der Waals surface area contributed by atoms with Crippen molar-refractivity contribution in [1.82, 2.24) is 0 Å². The quantitative estimate of drug-likeness (QED) is 0.904. The second kappa shape index (κ2) is 6.05. The van der Waals surface area contributed by atoms with Crippen molar-refractivity contribution in [3.63, 3.8) is 0 Å². The molecule has 0 aliphatic heterocycles. The Morgan fingerprint density at radius 1 is 1.19 bits per heavy atom. The molecule has 0 spiro atoms. The normalized spacial score (nSPS) is 12.7. The molecule has 0 saturated heterocycles. The maximum atomic E-state index is 12.5. The van der Waals surface area contributed by atoms with Crippen LogP contribution >= 0.6 is 0 Å². The monoisotopic (exact) mass is 324 g/mol. The molecule has 0 bridgehead atoms. The Kier molecular flexibility index (Phi) is 5.03. The molecule has 0 amide bonds. The summed E-state index contributed by atoms with van der Waals surface area (Å²) in [7, 11) is -3.77. The number of sulfone groups is 1. The molecule has 0 radical (unpaired) electrons. The van der Waals surface area contributed by atoms with E-state index in [1.54, 1.807) is 0 Å². The summed E-state index contributed by atoms with van der Waals surface area (Å²) in [6.45, 7) is 2.81. The topological polar surface area (TPSA) is 71.4 Å². The van der Waals surface area contributed by atoms with E-state index >= 15 is 0 Å². The lowest BCUT2D eigenvalue weighted by Gasteiger charge is -2.13. The predicted octanol–water partition coefficient (Wildman–Crippen LogP) is 2.60. The largest absolute Gasteiger partial charge is 0.481 e. The van der Waals surface area contributed by atoms with Gasteiger partial charge in [0.15, 0.2) is 9.84 Å². The standard InChI is InChI=1S/C13H15F3O4S/c1-8(2)21(19,20)11-4-9(6-12(17)18)3-10(5-11)7-13(14,15)16/h3-5,8H,6-7H2,1-2H3,(H,17,18). The van der Waals surface area contributed by atoms with Crippen LogP contribution in [0.2, 0.25) is 0 Å². The lowest BCUT2D eigenvalue weighted by atomic mass is 10.1. The van der Waals surface area contributed by atoms with Gasteiger partial charge in [-0.3, -0.25) is 4.79 Å². The van der Waals surface area contributed by atoms with E-state index in [4.69, 9.17) is 5.11 Å². The number of alkyl halides is 3. The molecule has 0 aromatic heterocycles. The van der Waals surface area contributed by atoms with E-state index in [9.17, 15) is 26.4 Å². The average molecular weight is 324 g/mol. The molecule has 4 nitrogen and oxygen atoms in total. The molecule has 21 heavy (non-hydrogen) atoms. The summed E-state index contributed by atoms with van der Waals surface area (Å²) >= 11 is 0. The van der Waals surface area contributed by atoms with Gasteiger partial charge in [-0.25, -0.2) is 8.42 Å². The first-order chi connectivity index (χ1) is 9.41. The molecule has 0 aliphatic carbocycles. The van der Waals surface area contributed by atoms with Crippen molar-refractivity contribution in [2.45, 2.75) is 43.0 Å². The van der Waals surface area contributed by atoms with E-state index < -0.39 is 40.1 Å². The number of halogens is 3. The third-order valence-corrected chi connectivity index (χ3v) is 4.87. The molecule has 8 heteroatoms. The molecular weight excluding hydrogens is 309 g/mol. The van der Waals surface area contributed by atoms with Crippen LogP contribution in [0.5, 0.6) is 0 Å². The van der Waals surface area contributed by atoms with Crippen LogP contribution in [-0.4, -0.2) is 30.9 Å². The van der Waals surface area contributed by atoms with Crippen LogP contribution in [0.15, 0.2) is 23.1 Å². The molecule has 1 aromatic rings. The summed E-state index contributed by atoms with van der Waals surface area (Å²) in [4.78, 5) is 10.4. The zero-order valence-corrected chi connectivity index (χ0v) is 12.3. The van der Waals surface area contributed by atoms with E-state index in [-0.39, 0.29) is 16.0 Å². The molecule has 0 unspecified atom stereocenters. The van der Waals surface area contributed by atoms with Gasteiger partial charge in [0.1, 0.15) is 0 Å². The lowest BCUT2D eigenvalue weighted by molar-refractivity contribution is -0.136. The first kappa shape index (κ1) is 17.5. The Hall–Kier alpha value is -1.57. The minimum atomic E-state index is -4.50. The zero-order valence-electron chi connectivity index (χ0n) is 11.4. The van der Waals surface area contributed by atoms with Gasteiger partial charge >= 0.3 is 12.1 Å². The summed E-state index contributed by atoms with van der Waals surface area (Å²) in [5, 5.41) is 7.91. The summed E-state index contributed by atoms with van der Waals surface area (Å²) in [6.07, 6.45) is -6.34. The van der Waals surface area contributed by atoms with Crippen LogP contribution in [-0.2, 0) is 27.5 Å². The molecule has 1 N–H and O–H groups in total. The van der Waals surface area contributed by atoms with Crippen molar-refractivity contribution in [2.24, 2.45) is 0 Å². The molecule has 0 aliphatic rings. The van der Waals surface area contributed by atoms with Crippen molar-refractivity contribution >= 4 is 15.8 Å². The number of carbonyl (C=O) groups is 1. The van der Waals surface area contributed by atoms with Crippen LogP contribution in [0.1, 0.15) is 25.0 Å². The van der Waals surface area contributed by atoms with Gasteiger partial charge in [-0.05, 0) is 37.1 Å². The highest BCUT2D eigenvalue weighted by atomic mass is 32.2. The van der Waals surface area contributed by atoms with Crippen molar-refractivity contribution in [2.75, 3.05) is 0 Å². The Labute approximate surface area is 120 Å². The summed E-state index contributed by atoms with van der Waals surface area (Å²) < 4.78 is 61.5. The fraction of sp³-hybridized carbons (Fsp3) is 0.462. The third kappa shape index (κ3) is 5.04. The van der Waals surface area contributed by atoms with Crippen molar-refractivity contribution in [3.05, 3.63) is 29.3 Å². The van der Waals surface area contributed by atoms with Crippen LogP contribution in [0.3, 0.4) is 0 Å². The molecule has 1 rings (SSSR count). The molecule has 0 atom stereocenters. The van der Waals surface area contributed by atoms with E-state index in [1.165, 1.54) is 13.8 Å². The Morgan fingerprint density at radius 2 is 1.71 bits per heavy atom. The number of rotatable bonds is 5. The van der Waals surface area contributed by atoms with Gasteiger partial charge in [0.25, 0.3) is 0 Å². The lowest BCUT2D eigenvalue weighted by Crippen LogP contribution is -2.17. The molecular formula is C13H15F3O4S. The molecule has 0 fully saturated rings. The highest BCUT2D eigenvalue weighted by Gasteiger charge is 2.29. The summed E-state index contributed by atoms with van der Waals surface area (Å²) in [6, 6.07) is 3.14. The summed E-state index contributed by atoms with van der Waals surface area (Å²) in [5.74, 6) is -1.24. The highest BCUT2D eigenvalue weighted by molar-refractivity contribution is 7.92. The van der Waals surface area contributed by atoms with Gasteiger partial charge in [0.05, 0.1) is 23.0 Å². The molecule has 118 valence electrons. The third-order valence-electron chi connectivity index (χ3n) is 2.74. The van der Waals surface area contributed by atoms with Crippen molar-refractivity contribution in [3.8, 4) is 0 Å².